The van der Waals surface area contributed by atoms with Crippen molar-refractivity contribution in [2.75, 3.05) is 11.4 Å². The van der Waals surface area contributed by atoms with Gasteiger partial charge in [-0.3, -0.25) is 14.5 Å². The van der Waals surface area contributed by atoms with Gasteiger partial charge in [0.1, 0.15) is 17.7 Å². The summed E-state index contributed by atoms with van der Waals surface area (Å²) in [4.78, 5) is 27.2. The molecular weight excluding hydrogens is 500 g/mol. The fourth-order valence-corrected chi connectivity index (χ4v) is 4.08. The fraction of sp³-hybridized carbons (Fsp3) is 0.179. The Balaban J connectivity index is 0.000000417. The molecule has 4 aromatic rings. The Morgan fingerprint density at radius 1 is 1.00 bits per heavy atom. The minimum absolute atomic E-state index is 0.156. The first-order chi connectivity index (χ1) is 18.2. The molecule has 1 aliphatic heterocycles. The van der Waals surface area contributed by atoms with E-state index in [4.69, 9.17) is 0 Å². The largest absolute Gasteiger partial charge is 0.416 e. The lowest BCUT2D eigenvalue weighted by Crippen LogP contribution is -2.53. The van der Waals surface area contributed by atoms with E-state index >= 15 is 0 Å². The molecule has 10 heteroatoms. The van der Waals surface area contributed by atoms with Crippen LogP contribution in [0, 0.1) is 5.82 Å². The zero-order valence-corrected chi connectivity index (χ0v) is 20.3. The molecule has 6 nitrogen and oxygen atoms in total. The van der Waals surface area contributed by atoms with E-state index in [0.29, 0.717) is 12.4 Å². The number of benzene rings is 3. The summed E-state index contributed by atoms with van der Waals surface area (Å²) >= 11 is 0. The second-order valence-electron chi connectivity index (χ2n) is 8.43. The third-order valence-corrected chi connectivity index (χ3v) is 5.87. The number of carbonyl (C=O) groups is 2. The van der Waals surface area contributed by atoms with Crippen molar-refractivity contribution in [3.8, 4) is 5.69 Å². The Labute approximate surface area is 216 Å². The molecule has 3 aromatic carbocycles. The first-order valence-electron chi connectivity index (χ1n) is 11.8. The van der Waals surface area contributed by atoms with Crippen LogP contribution in [0.15, 0.2) is 91.1 Å². The molecule has 0 aliphatic carbocycles. The number of fused-ring (bicyclic) bond motifs is 1. The monoisotopic (exact) mass is 524 g/mol. The second-order valence-corrected chi connectivity index (χ2v) is 8.43. The number of hydrogen-bond donors (Lipinski definition) is 1. The van der Waals surface area contributed by atoms with E-state index < -0.39 is 23.7 Å². The Hall–Kier alpha value is -4.47. The van der Waals surface area contributed by atoms with Crippen molar-refractivity contribution >= 4 is 17.6 Å². The maximum atomic E-state index is 13.1. The Morgan fingerprint density at radius 3 is 2.24 bits per heavy atom. The number of alkyl halides is 3. The quantitative estimate of drug-likeness (QED) is 0.363. The van der Waals surface area contributed by atoms with Gasteiger partial charge in [-0.2, -0.15) is 18.3 Å². The molecule has 0 saturated carbocycles. The highest BCUT2D eigenvalue weighted by molar-refractivity contribution is 6.04. The van der Waals surface area contributed by atoms with Gasteiger partial charge in [0.15, 0.2) is 0 Å². The van der Waals surface area contributed by atoms with Crippen LogP contribution >= 0.6 is 0 Å². The average molecular weight is 525 g/mol. The summed E-state index contributed by atoms with van der Waals surface area (Å²) in [5.74, 6) is -0.627. The summed E-state index contributed by atoms with van der Waals surface area (Å²) in [6, 6.07) is 20.5. The number of nitrogens with zero attached hydrogens (tertiary/aromatic N) is 3. The van der Waals surface area contributed by atoms with Crippen molar-refractivity contribution in [3.05, 3.63) is 114 Å². The first kappa shape index (κ1) is 26.6. The Kier molecular flexibility index (Phi) is 7.90. The van der Waals surface area contributed by atoms with Gasteiger partial charge in [-0.15, -0.1) is 0 Å². The third-order valence-electron chi connectivity index (χ3n) is 5.87. The van der Waals surface area contributed by atoms with Crippen LogP contribution in [0.4, 0.5) is 23.4 Å². The van der Waals surface area contributed by atoms with Crippen LogP contribution in [-0.2, 0) is 17.4 Å². The normalized spacial score (nSPS) is 14.8. The molecule has 1 atom stereocenters. The van der Waals surface area contributed by atoms with Crippen molar-refractivity contribution in [3.63, 3.8) is 0 Å². The van der Waals surface area contributed by atoms with E-state index in [9.17, 15) is 27.2 Å². The van der Waals surface area contributed by atoms with Gasteiger partial charge in [-0.25, -0.2) is 9.07 Å². The van der Waals surface area contributed by atoms with Crippen LogP contribution in [-0.4, -0.2) is 34.2 Å². The molecule has 0 spiro atoms. The molecule has 1 aliphatic rings. The van der Waals surface area contributed by atoms with Crippen LogP contribution < -0.4 is 10.2 Å². The smallest absolute Gasteiger partial charge is 0.340 e. The molecule has 38 heavy (non-hydrogen) atoms. The Morgan fingerprint density at radius 2 is 1.66 bits per heavy atom. The number of nitrogens with one attached hydrogen (secondary N) is 1. The molecule has 1 N–H and O–H groups in total. The summed E-state index contributed by atoms with van der Waals surface area (Å²) in [6.45, 7) is 2.15. The molecule has 0 radical (unpaired) electrons. The van der Waals surface area contributed by atoms with Crippen molar-refractivity contribution in [2.45, 2.75) is 25.6 Å². The maximum absolute atomic E-state index is 13.1. The number of para-hydroxylation sites is 1. The predicted molar refractivity (Wildman–Crippen MR) is 134 cm³/mol. The maximum Gasteiger partial charge on any atom is 0.416 e. The number of carbonyl (C=O) groups excluding carboxylic acids is 2. The van der Waals surface area contributed by atoms with E-state index in [1.165, 1.54) is 29.2 Å². The van der Waals surface area contributed by atoms with E-state index in [1.54, 1.807) is 36.0 Å². The highest BCUT2D eigenvalue weighted by atomic mass is 19.4. The van der Waals surface area contributed by atoms with Crippen LogP contribution in [0.5, 0.6) is 0 Å². The van der Waals surface area contributed by atoms with Crippen LogP contribution in [0.1, 0.15) is 28.4 Å². The Bertz CT molecular complexity index is 1410. The van der Waals surface area contributed by atoms with Gasteiger partial charge in [0.05, 0.1) is 17.4 Å². The molecule has 0 fully saturated rings. The van der Waals surface area contributed by atoms with Crippen molar-refractivity contribution < 1.29 is 27.2 Å². The average Bonchev–Trinajstić information content (AvgIpc) is 3.33. The lowest BCUT2D eigenvalue weighted by atomic mass is 10.0. The minimum Gasteiger partial charge on any atom is -0.340 e. The SMILES string of the molecule is CCN1C(=O)C(NC(=O)c2cccc(C(F)(F)F)c2)Cc2cnn(-c3ccccc3)c21.Fc1ccccc1. The molecule has 196 valence electrons. The summed E-state index contributed by atoms with van der Waals surface area (Å²) in [5, 5.41) is 6.98. The molecule has 1 aromatic heterocycles. The molecule has 5 rings (SSSR count). The topological polar surface area (TPSA) is 67.2 Å². The predicted octanol–water partition coefficient (Wildman–Crippen LogP) is 5.42. The number of rotatable bonds is 4. The highest BCUT2D eigenvalue weighted by Crippen LogP contribution is 2.31. The van der Waals surface area contributed by atoms with Gasteiger partial charge in [-0.05, 0) is 49.4 Å². The molecule has 0 bridgehead atoms. The minimum atomic E-state index is -4.56. The highest BCUT2D eigenvalue weighted by Gasteiger charge is 2.37. The molecule has 2 amide bonds. The second kappa shape index (κ2) is 11.3. The fourth-order valence-electron chi connectivity index (χ4n) is 4.08. The van der Waals surface area contributed by atoms with E-state index in [0.717, 1.165) is 23.4 Å². The number of likely N-dealkylation sites (N-methyl/N-ethyl adjacent to an activating group) is 1. The van der Waals surface area contributed by atoms with Gasteiger partial charge >= 0.3 is 6.18 Å². The van der Waals surface area contributed by atoms with Crippen LogP contribution in [0.2, 0.25) is 0 Å². The lowest BCUT2D eigenvalue weighted by Gasteiger charge is -2.32. The van der Waals surface area contributed by atoms with Crippen LogP contribution in [0.25, 0.3) is 5.69 Å². The van der Waals surface area contributed by atoms with Crippen molar-refractivity contribution in [1.29, 1.82) is 0 Å². The summed E-state index contributed by atoms with van der Waals surface area (Å²) in [5.41, 5.74) is 0.481. The number of aromatic nitrogens is 2. The summed E-state index contributed by atoms with van der Waals surface area (Å²) in [7, 11) is 0. The zero-order chi connectivity index (χ0) is 27.3. The number of hydrogen-bond acceptors (Lipinski definition) is 3. The third kappa shape index (κ3) is 5.91. The first-order valence-corrected chi connectivity index (χ1v) is 11.8. The molecule has 0 saturated heterocycles. The summed E-state index contributed by atoms with van der Waals surface area (Å²) < 4.78 is 52.4. The molecule has 2 heterocycles. The summed E-state index contributed by atoms with van der Waals surface area (Å²) in [6.07, 6.45) is -2.72. The zero-order valence-electron chi connectivity index (χ0n) is 20.3. The van der Waals surface area contributed by atoms with Gasteiger partial charge in [0, 0.05) is 24.1 Å². The van der Waals surface area contributed by atoms with Gasteiger partial charge in [-0.1, -0.05) is 42.5 Å². The van der Waals surface area contributed by atoms with Gasteiger partial charge < -0.3 is 5.32 Å². The van der Waals surface area contributed by atoms with E-state index in [-0.39, 0.29) is 23.7 Å². The van der Waals surface area contributed by atoms with Crippen molar-refractivity contribution in [1.82, 2.24) is 15.1 Å². The van der Waals surface area contributed by atoms with E-state index in [2.05, 4.69) is 10.4 Å². The van der Waals surface area contributed by atoms with Crippen LogP contribution in [0.3, 0.4) is 0 Å². The lowest BCUT2D eigenvalue weighted by molar-refractivity contribution is -0.137. The molecule has 1 unspecified atom stereocenters. The number of amides is 2. The van der Waals surface area contributed by atoms with Gasteiger partial charge in [0.25, 0.3) is 11.8 Å². The van der Waals surface area contributed by atoms with Gasteiger partial charge in [0.2, 0.25) is 0 Å². The van der Waals surface area contributed by atoms with E-state index in [1.807, 2.05) is 30.3 Å². The van der Waals surface area contributed by atoms with Crippen molar-refractivity contribution in [2.24, 2.45) is 0 Å². The number of anilines is 1. The molecular formula is C28H24F4N4O2. The standard InChI is InChI=1S/C22H19F3N4O2.C6H5F/c1-2-28-20-15(13-26-29(20)17-9-4-3-5-10-17)12-18(21(28)31)27-19(30)14-7-6-8-16(11-14)22(23,24)25;7-6-4-2-1-3-5-6/h3-11,13,18H,2,12H2,1H3,(H,27,30);1-5H. The number of halogens is 4.